The minimum absolute atomic E-state index is 0.728. The molecule has 102 valence electrons. The number of aromatic nitrogens is 2. The van der Waals surface area contributed by atoms with Crippen LogP contribution >= 0.6 is 11.3 Å². The van der Waals surface area contributed by atoms with Gasteiger partial charge in [-0.2, -0.15) is 0 Å². The van der Waals surface area contributed by atoms with Gasteiger partial charge in [0.05, 0.1) is 6.54 Å². The summed E-state index contributed by atoms with van der Waals surface area (Å²) < 4.78 is 0. The van der Waals surface area contributed by atoms with Crippen LogP contribution in [-0.4, -0.2) is 9.97 Å². The molecule has 4 nitrogen and oxygen atoms in total. The summed E-state index contributed by atoms with van der Waals surface area (Å²) in [5.41, 5.74) is 7.79. The topological polar surface area (TPSA) is 63.8 Å². The van der Waals surface area contributed by atoms with Crippen LogP contribution in [0.1, 0.15) is 16.8 Å². The van der Waals surface area contributed by atoms with Gasteiger partial charge in [-0.05, 0) is 24.6 Å². The summed E-state index contributed by atoms with van der Waals surface area (Å²) in [6.45, 7) is 2.87. The van der Waals surface area contributed by atoms with Gasteiger partial charge in [-0.3, -0.25) is 4.98 Å². The lowest BCUT2D eigenvalue weighted by Gasteiger charge is -2.09. The van der Waals surface area contributed by atoms with Crippen molar-refractivity contribution >= 4 is 33.5 Å². The average Bonchev–Trinajstić information content (AvgIpc) is 2.95. The fraction of sp³-hybridized carbons (Fsp3) is 0.200. The van der Waals surface area contributed by atoms with Crippen LogP contribution in [-0.2, 0) is 13.0 Å². The molecule has 2 heterocycles. The number of hydrogen-bond donors (Lipinski definition) is 2. The van der Waals surface area contributed by atoms with Crippen LogP contribution in [0.5, 0.6) is 0 Å². The van der Waals surface area contributed by atoms with E-state index in [2.05, 4.69) is 22.2 Å². The van der Waals surface area contributed by atoms with Crippen molar-refractivity contribution in [3.63, 3.8) is 0 Å². The number of benzene rings is 1. The quantitative estimate of drug-likeness (QED) is 0.720. The predicted molar refractivity (Wildman–Crippen MR) is 85.0 cm³/mol. The Labute approximate surface area is 121 Å². The van der Waals surface area contributed by atoms with Gasteiger partial charge in [0.15, 0.2) is 0 Å². The van der Waals surface area contributed by atoms with Gasteiger partial charge in [-0.1, -0.05) is 6.92 Å². The molecule has 0 saturated heterocycles. The lowest BCUT2D eigenvalue weighted by atomic mass is 10.1. The highest BCUT2D eigenvalue weighted by Gasteiger charge is 2.05. The van der Waals surface area contributed by atoms with E-state index < -0.39 is 0 Å². The van der Waals surface area contributed by atoms with Crippen LogP contribution in [0.3, 0.4) is 0 Å². The number of hydrogen-bond acceptors (Lipinski definition) is 5. The molecule has 0 spiro atoms. The van der Waals surface area contributed by atoms with Crippen molar-refractivity contribution in [2.75, 3.05) is 11.1 Å². The van der Waals surface area contributed by atoms with E-state index in [9.17, 15) is 0 Å². The third-order valence-electron chi connectivity index (χ3n) is 3.23. The van der Waals surface area contributed by atoms with E-state index >= 15 is 0 Å². The highest BCUT2D eigenvalue weighted by Crippen LogP contribution is 2.28. The van der Waals surface area contributed by atoms with Crippen LogP contribution in [0, 0.1) is 0 Å². The van der Waals surface area contributed by atoms with Crippen molar-refractivity contribution in [3.05, 3.63) is 46.7 Å². The summed E-state index contributed by atoms with van der Waals surface area (Å²) in [4.78, 5) is 9.86. The molecular weight excluding hydrogens is 268 g/mol. The zero-order valence-corrected chi connectivity index (χ0v) is 12.1. The van der Waals surface area contributed by atoms with E-state index in [1.54, 1.807) is 23.7 Å². The lowest BCUT2D eigenvalue weighted by Crippen LogP contribution is -2.00. The summed E-state index contributed by atoms with van der Waals surface area (Å²) in [7, 11) is 0. The predicted octanol–water partition coefficient (Wildman–Crippen LogP) is 3.45. The molecule has 0 amide bonds. The first-order chi connectivity index (χ1) is 9.78. The molecule has 0 aliphatic heterocycles. The largest absolute Gasteiger partial charge is 0.398 e. The van der Waals surface area contributed by atoms with Crippen LogP contribution in [0.25, 0.3) is 10.8 Å². The Morgan fingerprint density at radius 3 is 2.90 bits per heavy atom. The molecular formula is C15H16N4S. The number of aryl methyl sites for hydroxylation is 1. The van der Waals surface area contributed by atoms with E-state index in [4.69, 9.17) is 5.73 Å². The van der Waals surface area contributed by atoms with E-state index in [0.717, 1.165) is 40.1 Å². The number of nitrogens with zero attached hydrogens (tertiary/aromatic N) is 2. The molecule has 0 saturated carbocycles. The second-order valence-electron chi connectivity index (χ2n) is 4.55. The fourth-order valence-corrected chi connectivity index (χ4v) is 2.93. The van der Waals surface area contributed by atoms with Crippen LogP contribution in [0.2, 0.25) is 0 Å². The summed E-state index contributed by atoms with van der Waals surface area (Å²) in [6.07, 6.45) is 6.57. The van der Waals surface area contributed by atoms with Gasteiger partial charge in [-0.25, -0.2) is 4.98 Å². The first-order valence-corrected chi connectivity index (χ1v) is 7.39. The van der Waals surface area contributed by atoms with Gasteiger partial charge >= 0.3 is 0 Å². The average molecular weight is 284 g/mol. The first-order valence-electron chi connectivity index (χ1n) is 6.57. The molecule has 0 aliphatic rings. The Balaban J connectivity index is 1.86. The number of anilines is 2. The normalized spacial score (nSPS) is 10.8. The number of thiazole rings is 1. The van der Waals surface area contributed by atoms with Crippen molar-refractivity contribution < 1.29 is 0 Å². The van der Waals surface area contributed by atoms with Crippen molar-refractivity contribution in [1.29, 1.82) is 0 Å². The molecule has 0 bridgehead atoms. The van der Waals surface area contributed by atoms with Gasteiger partial charge in [0.25, 0.3) is 0 Å². The lowest BCUT2D eigenvalue weighted by molar-refractivity contribution is 1.10. The molecule has 0 unspecified atom stereocenters. The van der Waals surface area contributed by atoms with Gasteiger partial charge < -0.3 is 11.1 Å². The van der Waals surface area contributed by atoms with Gasteiger partial charge in [-0.15, -0.1) is 11.3 Å². The number of nitrogens with two attached hydrogens (primary N) is 1. The van der Waals surface area contributed by atoms with Crippen molar-refractivity contribution in [3.8, 4) is 0 Å². The zero-order chi connectivity index (χ0) is 13.9. The standard InChI is InChI=1S/C15H16N4S/c1-2-10-7-19-15(20-10)9-18-14-4-3-13(16)12-8-17-6-5-11(12)14/h3-8,18H,2,9,16H2,1H3. The maximum atomic E-state index is 5.98. The third-order valence-corrected chi connectivity index (χ3v) is 4.37. The van der Waals surface area contributed by atoms with E-state index in [0.29, 0.717) is 0 Å². The fourth-order valence-electron chi connectivity index (χ4n) is 2.13. The molecule has 5 heteroatoms. The number of fused-ring (bicyclic) bond motifs is 1. The molecule has 3 aromatic rings. The van der Waals surface area contributed by atoms with Gasteiger partial charge in [0.1, 0.15) is 5.01 Å². The van der Waals surface area contributed by atoms with Crippen LogP contribution in [0.15, 0.2) is 36.8 Å². The summed E-state index contributed by atoms with van der Waals surface area (Å²) in [5.74, 6) is 0. The Morgan fingerprint density at radius 1 is 1.20 bits per heavy atom. The molecule has 0 atom stereocenters. The maximum Gasteiger partial charge on any atom is 0.112 e. The number of nitrogen functional groups attached to an aromatic ring is 1. The van der Waals surface area contributed by atoms with E-state index in [1.807, 2.05) is 24.4 Å². The Bertz CT molecular complexity index is 736. The molecule has 3 rings (SSSR count). The number of pyridine rings is 1. The summed E-state index contributed by atoms with van der Waals surface area (Å²) in [5, 5.41) is 6.60. The molecule has 0 aliphatic carbocycles. The molecule has 0 fully saturated rings. The second kappa shape index (κ2) is 5.46. The SMILES string of the molecule is CCc1cnc(CNc2ccc(N)c3cnccc23)s1. The smallest absolute Gasteiger partial charge is 0.112 e. The minimum Gasteiger partial charge on any atom is -0.398 e. The Morgan fingerprint density at radius 2 is 2.10 bits per heavy atom. The van der Waals surface area contributed by atoms with Crippen LogP contribution < -0.4 is 11.1 Å². The first kappa shape index (κ1) is 12.9. The minimum atomic E-state index is 0.728. The summed E-state index contributed by atoms with van der Waals surface area (Å²) >= 11 is 1.75. The van der Waals surface area contributed by atoms with E-state index in [-0.39, 0.29) is 0 Å². The molecule has 2 aromatic heterocycles. The molecule has 3 N–H and O–H groups in total. The number of nitrogens with one attached hydrogen (secondary N) is 1. The van der Waals surface area contributed by atoms with Gasteiger partial charge in [0, 0.05) is 45.6 Å². The molecule has 20 heavy (non-hydrogen) atoms. The maximum absolute atomic E-state index is 5.98. The molecule has 1 aromatic carbocycles. The third kappa shape index (κ3) is 2.44. The Hall–Kier alpha value is -2.14. The Kier molecular flexibility index (Phi) is 3.52. The van der Waals surface area contributed by atoms with Crippen molar-refractivity contribution in [2.24, 2.45) is 0 Å². The molecule has 0 radical (unpaired) electrons. The van der Waals surface area contributed by atoms with Gasteiger partial charge in [0.2, 0.25) is 0 Å². The zero-order valence-electron chi connectivity index (χ0n) is 11.3. The van der Waals surface area contributed by atoms with Crippen molar-refractivity contribution in [1.82, 2.24) is 9.97 Å². The summed E-state index contributed by atoms with van der Waals surface area (Å²) in [6, 6.07) is 5.89. The van der Waals surface area contributed by atoms with E-state index in [1.165, 1.54) is 4.88 Å². The monoisotopic (exact) mass is 284 g/mol. The second-order valence-corrected chi connectivity index (χ2v) is 5.75. The number of rotatable bonds is 4. The van der Waals surface area contributed by atoms with Crippen LogP contribution in [0.4, 0.5) is 11.4 Å². The van der Waals surface area contributed by atoms with Crippen molar-refractivity contribution in [2.45, 2.75) is 19.9 Å². The highest BCUT2D eigenvalue weighted by molar-refractivity contribution is 7.11. The highest BCUT2D eigenvalue weighted by atomic mass is 32.1.